The van der Waals surface area contributed by atoms with Gasteiger partial charge in [-0.1, -0.05) is 60.7 Å². The Morgan fingerprint density at radius 1 is 0.870 bits per heavy atom. The first kappa shape index (κ1) is 16.9. The molecule has 1 amide bonds. The fourth-order valence-electron chi connectivity index (χ4n) is 2.51. The summed E-state index contributed by atoms with van der Waals surface area (Å²) < 4.78 is 0. The van der Waals surface area contributed by atoms with Gasteiger partial charge in [-0.3, -0.25) is 9.59 Å². The van der Waals surface area contributed by atoms with Gasteiger partial charge in [0.15, 0.2) is 5.78 Å². The van der Waals surface area contributed by atoms with E-state index in [1.165, 1.54) is 5.56 Å². The summed E-state index contributed by atoms with van der Waals surface area (Å²) >= 11 is 0. The third kappa shape index (κ3) is 5.37. The van der Waals surface area contributed by atoms with Gasteiger partial charge in [0.1, 0.15) is 0 Å². The molecule has 0 heterocycles. The van der Waals surface area contributed by atoms with E-state index in [4.69, 9.17) is 0 Å². The van der Waals surface area contributed by atoms with Crippen molar-refractivity contribution in [3.05, 3.63) is 71.8 Å². The van der Waals surface area contributed by atoms with Gasteiger partial charge >= 0.3 is 0 Å². The molecule has 2 aromatic carbocycles. The Bertz CT molecular complexity index is 623. The molecule has 0 atom stereocenters. The van der Waals surface area contributed by atoms with Gasteiger partial charge in [-0.2, -0.15) is 0 Å². The molecule has 0 unspecified atom stereocenters. The lowest BCUT2D eigenvalue weighted by Gasteiger charge is -2.20. The number of Topliss-reactive ketones (excluding diaryl/α,β-unsaturated/α-hetero) is 1. The summed E-state index contributed by atoms with van der Waals surface area (Å²) in [5.41, 5.74) is 1.90. The second-order valence-corrected chi connectivity index (χ2v) is 5.50. The average Bonchev–Trinajstić information content (AvgIpc) is 2.61. The molecular weight excluding hydrogens is 286 g/mol. The normalized spacial score (nSPS) is 10.3. The Labute approximate surface area is 137 Å². The van der Waals surface area contributed by atoms with Crippen LogP contribution in [0.3, 0.4) is 0 Å². The molecule has 0 radical (unpaired) electrons. The molecular formula is C20H23NO2. The lowest BCUT2D eigenvalue weighted by Crippen LogP contribution is -2.32. The van der Waals surface area contributed by atoms with Crippen molar-refractivity contribution in [2.45, 2.75) is 26.2 Å². The van der Waals surface area contributed by atoms with E-state index in [9.17, 15) is 9.59 Å². The molecule has 3 heteroatoms. The van der Waals surface area contributed by atoms with Gasteiger partial charge in [-0.15, -0.1) is 0 Å². The molecule has 3 nitrogen and oxygen atoms in total. The number of hydrogen-bond donors (Lipinski definition) is 0. The fourth-order valence-corrected chi connectivity index (χ4v) is 2.51. The fraction of sp³-hybridized carbons (Fsp3) is 0.300. The van der Waals surface area contributed by atoms with Gasteiger partial charge < -0.3 is 4.90 Å². The second-order valence-electron chi connectivity index (χ2n) is 5.50. The van der Waals surface area contributed by atoms with Crippen molar-refractivity contribution in [1.29, 1.82) is 0 Å². The Hall–Kier alpha value is -2.42. The second kappa shape index (κ2) is 8.89. The van der Waals surface area contributed by atoms with Crippen molar-refractivity contribution in [2.75, 3.05) is 13.1 Å². The van der Waals surface area contributed by atoms with Crippen molar-refractivity contribution >= 4 is 11.7 Å². The molecule has 23 heavy (non-hydrogen) atoms. The predicted molar refractivity (Wildman–Crippen MR) is 92.4 cm³/mol. The van der Waals surface area contributed by atoms with Crippen molar-refractivity contribution in [3.8, 4) is 0 Å². The summed E-state index contributed by atoms with van der Waals surface area (Å²) in [6.07, 6.45) is 1.38. The van der Waals surface area contributed by atoms with Crippen molar-refractivity contribution in [3.63, 3.8) is 0 Å². The zero-order chi connectivity index (χ0) is 16.5. The van der Waals surface area contributed by atoms with Crippen LogP contribution in [0.2, 0.25) is 0 Å². The highest BCUT2D eigenvalue weighted by molar-refractivity contribution is 5.97. The molecule has 120 valence electrons. The first-order valence-electron chi connectivity index (χ1n) is 8.10. The largest absolute Gasteiger partial charge is 0.343 e. The van der Waals surface area contributed by atoms with Crippen LogP contribution in [0.15, 0.2) is 60.7 Å². The maximum atomic E-state index is 12.3. The van der Waals surface area contributed by atoms with Crippen molar-refractivity contribution in [1.82, 2.24) is 4.90 Å². The molecule has 0 aliphatic rings. The minimum atomic E-state index is 0.0260. The molecule has 2 rings (SSSR count). The Kier molecular flexibility index (Phi) is 6.55. The monoisotopic (exact) mass is 309 g/mol. The van der Waals surface area contributed by atoms with Crippen LogP contribution in [-0.2, 0) is 11.2 Å². The maximum absolute atomic E-state index is 12.3. The average molecular weight is 309 g/mol. The van der Waals surface area contributed by atoms with Crippen molar-refractivity contribution < 1.29 is 9.59 Å². The highest BCUT2D eigenvalue weighted by atomic mass is 16.2. The highest BCUT2D eigenvalue weighted by Gasteiger charge is 2.14. The van der Waals surface area contributed by atoms with Gasteiger partial charge in [0, 0.05) is 31.5 Å². The Balaban J connectivity index is 1.81. The standard InChI is InChI=1S/C20H23NO2/c1-2-21(16-15-17-9-5-3-6-10-17)20(23)14-13-19(22)18-11-7-4-8-12-18/h3-12H,2,13-16H2,1H3. The smallest absolute Gasteiger partial charge is 0.223 e. The van der Waals surface area contributed by atoms with Crippen LogP contribution < -0.4 is 0 Å². The van der Waals surface area contributed by atoms with Crippen LogP contribution in [0.4, 0.5) is 0 Å². The first-order chi connectivity index (χ1) is 11.2. The van der Waals surface area contributed by atoms with Crippen LogP contribution in [0.1, 0.15) is 35.7 Å². The number of carbonyl (C=O) groups excluding carboxylic acids is 2. The number of benzene rings is 2. The van der Waals surface area contributed by atoms with E-state index < -0.39 is 0 Å². The molecule has 0 aromatic heterocycles. The molecule has 0 spiro atoms. The number of ketones is 1. The molecule has 0 bridgehead atoms. The molecule has 0 saturated heterocycles. The minimum Gasteiger partial charge on any atom is -0.343 e. The van der Waals surface area contributed by atoms with E-state index >= 15 is 0 Å². The van der Waals surface area contributed by atoms with Crippen LogP contribution in [-0.4, -0.2) is 29.7 Å². The number of hydrogen-bond acceptors (Lipinski definition) is 2. The summed E-state index contributed by atoms with van der Waals surface area (Å²) in [5.74, 6) is 0.0748. The third-order valence-corrected chi connectivity index (χ3v) is 3.91. The van der Waals surface area contributed by atoms with Gasteiger partial charge in [0.05, 0.1) is 0 Å². The third-order valence-electron chi connectivity index (χ3n) is 3.91. The van der Waals surface area contributed by atoms with E-state index in [-0.39, 0.29) is 24.5 Å². The summed E-state index contributed by atoms with van der Waals surface area (Å²) in [5, 5.41) is 0. The molecule has 0 fully saturated rings. The predicted octanol–water partition coefficient (Wildman–Crippen LogP) is 3.74. The SMILES string of the molecule is CCN(CCc1ccccc1)C(=O)CCC(=O)c1ccccc1. The van der Waals surface area contributed by atoms with Gasteiger partial charge in [0.2, 0.25) is 5.91 Å². The number of nitrogens with zero attached hydrogens (tertiary/aromatic N) is 1. The number of carbonyl (C=O) groups is 2. The van der Waals surface area contributed by atoms with Gasteiger partial charge in [-0.25, -0.2) is 0 Å². The van der Waals surface area contributed by atoms with Crippen LogP contribution in [0.5, 0.6) is 0 Å². The molecule has 0 saturated carbocycles. The van der Waals surface area contributed by atoms with E-state index in [2.05, 4.69) is 12.1 Å². The Morgan fingerprint density at radius 3 is 2.09 bits per heavy atom. The molecule has 2 aromatic rings. The lowest BCUT2D eigenvalue weighted by molar-refractivity contribution is -0.130. The van der Waals surface area contributed by atoms with E-state index in [1.807, 2.05) is 48.2 Å². The number of likely N-dealkylation sites (N-methyl/N-ethyl adjacent to an activating group) is 1. The van der Waals surface area contributed by atoms with E-state index in [0.717, 1.165) is 6.42 Å². The van der Waals surface area contributed by atoms with Crippen LogP contribution >= 0.6 is 0 Å². The van der Waals surface area contributed by atoms with Crippen molar-refractivity contribution in [2.24, 2.45) is 0 Å². The van der Waals surface area contributed by atoms with Gasteiger partial charge in [0.25, 0.3) is 0 Å². The summed E-state index contributed by atoms with van der Waals surface area (Å²) in [6.45, 7) is 3.34. The molecule has 0 N–H and O–H groups in total. The Morgan fingerprint density at radius 2 is 1.48 bits per heavy atom. The minimum absolute atomic E-state index is 0.0260. The quantitative estimate of drug-likeness (QED) is 0.697. The maximum Gasteiger partial charge on any atom is 0.223 e. The number of amides is 1. The van der Waals surface area contributed by atoms with Crippen LogP contribution in [0.25, 0.3) is 0 Å². The number of rotatable bonds is 8. The lowest BCUT2D eigenvalue weighted by atomic mass is 10.1. The van der Waals surface area contributed by atoms with E-state index in [0.29, 0.717) is 18.7 Å². The molecule has 0 aliphatic heterocycles. The summed E-state index contributed by atoms with van der Waals surface area (Å²) in [7, 11) is 0. The molecule has 0 aliphatic carbocycles. The van der Waals surface area contributed by atoms with Crippen LogP contribution in [0, 0.1) is 0 Å². The van der Waals surface area contributed by atoms with E-state index in [1.54, 1.807) is 12.1 Å². The van der Waals surface area contributed by atoms with Gasteiger partial charge in [-0.05, 0) is 18.9 Å². The zero-order valence-electron chi connectivity index (χ0n) is 13.6. The topological polar surface area (TPSA) is 37.4 Å². The summed E-state index contributed by atoms with van der Waals surface area (Å²) in [6, 6.07) is 19.3. The highest BCUT2D eigenvalue weighted by Crippen LogP contribution is 2.08. The summed E-state index contributed by atoms with van der Waals surface area (Å²) in [4.78, 5) is 26.2. The zero-order valence-corrected chi connectivity index (χ0v) is 13.6. The first-order valence-corrected chi connectivity index (χ1v) is 8.10.